The smallest absolute Gasteiger partial charge is 0.231 e. The number of nitrogens with two attached hydrogens (primary N) is 1. The molecule has 0 bridgehead atoms. The largest absolute Gasteiger partial charge is 0.369 e. The summed E-state index contributed by atoms with van der Waals surface area (Å²) in [6.07, 6.45) is 0. The van der Waals surface area contributed by atoms with Crippen LogP contribution in [0.3, 0.4) is 0 Å². The number of primary amides is 1. The van der Waals surface area contributed by atoms with Crippen LogP contribution in [0.4, 0.5) is 5.69 Å². The van der Waals surface area contributed by atoms with Crippen LogP contribution in [-0.2, 0) is 4.79 Å². The molecule has 1 amide bonds. The summed E-state index contributed by atoms with van der Waals surface area (Å²) in [7, 11) is 0. The SMILES string of the molecule is Cc1ccccc1N1C[C@@H](C)N(CC(N)=O)C[C@@H]1C. The van der Waals surface area contributed by atoms with Crippen LogP contribution >= 0.6 is 0 Å². The van der Waals surface area contributed by atoms with Gasteiger partial charge in [-0.1, -0.05) is 18.2 Å². The lowest BCUT2D eigenvalue weighted by atomic mass is 10.0. The van der Waals surface area contributed by atoms with Gasteiger partial charge in [0.05, 0.1) is 6.54 Å². The van der Waals surface area contributed by atoms with Crippen LogP contribution in [0.25, 0.3) is 0 Å². The molecule has 1 saturated heterocycles. The quantitative estimate of drug-likeness (QED) is 0.894. The molecule has 1 fully saturated rings. The van der Waals surface area contributed by atoms with Crippen molar-refractivity contribution in [3.8, 4) is 0 Å². The summed E-state index contributed by atoms with van der Waals surface area (Å²) >= 11 is 0. The van der Waals surface area contributed by atoms with Crippen LogP contribution in [0.5, 0.6) is 0 Å². The van der Waals surface area contributed by atoms with E-state index in [1.807, 2.05) is 0 Å². The molecule has 0 saturated carbocycles. The minimum absolute atomic E-state index is 0.247. The second kappa shape index (κ2) is 5.61. The average Bonchev–Trinajstić information content (AvgIpc) is 2.34. The molecule has 1 aliphatic rings. The molecule has 4 nitrogen and oxygen atoms in total. The summed E-state index contributed by atoms with van der Waals surface area (Å²) in [5, 5.41) is 0. The zero-order valence-corrected chi connectivity index (χ0v) is 12.0. The first-order chi connectivity index (χ1) is 8.99. The fraction of sp³-hybridized carbons (Fsp3) is 0.533. The Morgan fingerprint density at radius 3 is 2.58 bits per heavy atom. The molecular formula is C15H23N3O. The van der Waals surface area contributed by atoms with E-state index in [4.69, 9.17) is 5.73 Å². The third-order valence-corrected chi connectivity index (χ3v) is 3.90. The highest BCUT2D eigenvalue weighted by atomic mass is 16.1. The Balaban J connectivity index is 2.14. The number of para-hydroxylation sites is 1. The Morgan fingerprint density at radius 2 is 1.95 bits per heavy atom. The van der Waals surface area contributed by atoms with Crippen molar-refractivity contribution in [2.45, 2.75) is 32.9 Å². The highest BCUT2D eigenvalue weighted by molar-refractivity contribution is 5.76. The number of hydrogen-bond donors (Lipinski definition) is 1. The number of anilines is 1. The first kappa shape index (κ1) is 13.9. The third-order valence-electron chi connectivity index (χ3n) is 3.90. The summed E-state index contributed by atoms with van der Waals surface area (Å²) in [6, 6.07) is 9.18. The van der Waals surface area contributed by atoms with Gasteiger partial charge in [-0.2, -0.15) is 0 Å². The van der Waals surface area contributed by atoms with Crippen molar-refractivity contribution in [3.05, 3.63) is 29.8 Å². The molecule has 1 aromatic rings. The molecule has 2 rings (SSSR count). The Kier molecular flexibility index (Phi) is 4.10. The number of carbonyl (C=O) groups is 1. The number of rotatable bonds is 3. The molecule has 19 heavy (non-hydrogen) atoms. The first-order valence-corrected chi connectivity index (χ1v) is 6.83. The minimum Gasteiger partial charge on any atom is -0.369 e. The molecule has 4 heteroatoms. The fourth-order valence-electron chi connectivity index (χ4n) is 2.84. The molecule has 1 aliphatic heterocycles. The zero-order valence-electron chi connectivity index (χ0n) is 12.0. The van der Waals surface area contributed by atoms with E-state index in [-0.39, 0.29) is 5.91 Å². The molecule has 1 aromatic carbocycles. The maximum atomic E-state index is 11.1. The van der Waals surface area contributed by atoms with Gasteiger partial charge in [-0.3, -0.25) is 9.69 Å². The van der Waals surface area contributed by atoms with E-state index in [9.17, 15) is 4.79 Å². The van der Waals surface area contributed by atoms with Gasteiger partial charge < -0.3 is 10.6 Å². The summed E-state index contributed by atoms with van der Waals surface area (Å²) in [4.78, 5) is 15.7. The van der Waals surface area contributed by atoms with Crippen molar-refractivity contribution in [1.82, 2.24) is 4.90 Å². The lowest BCUT2D eigenvalue weighted by Gasteiger charge is -2.45. The Hall–Kier alpha value is -1.55. The number of nitrogens with zero attached hydrogens (tertiary/aromatic N) is 2. The van der Waals surface area contributed by atoms with Crippen molar-refractivity contribution in [1.29, 1.82) is 0 Å². The standard InChI is InChI=1S/C15H23N3O/c1-11-6-4-5-7-14(11)18-9-12(2)17(8-13(18)3)10-15(16)19/h4-7,12-13H,8-10H2,1-3H3,(H2,16,19)/t12-,13+/m1/s1. The second-order valence-electron chi connectivity index (χ2n) is 5.53. The van der Waals surface area contributed by atoms with Crippen molar-refractivity contribution in [2.75, 3.05) is 24.5 Å². The highest BCUT2D eigenvalue weighted by Gasteiger charge is 2.30. The Bertz CT molecular complexity index is 460. The molecule has 0 radical (unpaired) electrons. The fourth-order valence-corrected chi connectivity index (χ4v) is 2.84. The van der Waals surface area contributed by atoms with Crippen molar-refractivity contribution < 1.29 is 4.79 Å². The number of piperazine rings is 1. The Morgan fingerprint density at radius 1 is 1.26 bits per heavy atom. The second-order valence-corrected chi connectivity index (χ2v) is 5.53. The summed E-state index contributed by atoms with van der Waals surface area (Å²) in [5.74, 6) is -0.247. The van der Waals surface area contributed by atoms with E-state index < -0.39 is 0 Å². The molecule has 2 atom stereocenters. The zero-order chi connectivity index (χ0) is 14.0. The van der Waals surface area contributed by atoms with Crippen LogP contribution in [0.1, 0.15) is 19.4 Å². The normalized spacial score (nSPS) is 24.5. The molecule has 0 spiro atoms. The predicted octanol–water partition coefficient (Wildman–Crippen LogP) is 1.38. The van der Waals surface area contributed by atoms with Crippen molar-refractivity contribution >= 4 is 11.6 Å². The number of carbonyl (C=O) groups excluding carboxylic acids is 1. The van der Waals surface area contributed by atoms with Gasteiger partial charge in [0.2, 0.25) is 5.91 Å². The topological polar surface area (TPSA) is 49.6 Å². The van der Waals surface area contributed by atoms with Gasteiger partial charge in [0.25, 0.3) is 0 Å². The van der Waals surface area contributed by atoms with Gasteiger partial charge in [0.1, 0.15) is 0 Å². The number of hydrogen-bond acceptors (Lipinski definition) is 3. The summed E-state index contributed by atoms with van der Waals surface area (Å²) < 4.78 is 0. The maximum Gasteiger partial charge on any atom is 0.231 e. The van der Waals surface area contributed by atoms with Crippen LogP contribution < -0.4 is 10.6 Å². The molecule has 2 N–H and O–H groups in total. The van der Waals surface area contributed by atoms with Crippen LogP contribution in [0, 0.1) is 6.92 Å². The van der Waals surface area contributed by atoms with Gasteiger partial charge in [-0.05, 0) is 32.4 Å². The van der Waals surface area contributed by atoms with Gasteiger partial charge in [-0.15, -0.1) is 0 Å². The van der Waals surface area contributed by atoms with Gasteiger partial charge >= 0.3 is 0 Å². The molecular weight excluding hydrogens is 238 g/mol. The van der Waals surface area contributed by atoms with Crippen molar-refractivity contribution in [2.24, 2.45) is 5.73 Å². The lowest BCUT2D eigenvalue weighted by Crippen LogP contribution is -2.58. The van der Waals surface area contributed by atoms with E-state index in [1.165, 1.54) is 11.3 Å². The van der Waals surface area contributed by atoms with Crippen molar-refractivity contribution in [3.63, 3.8) is 0 Å². The van der Waals surface area contributed by atoms with Crippen LogP contribution in [0.2, 0.25) is 0 Å². The molecule has 0 aliphatic carbocycles. The van der Waals surface area contributed by atoms with Gasteiger partial charge in [-0.25, -0.2) is 0 Å². The molecule has 1 heterocycles. The van der Waals surface area contributed by atoms with Crippen LogP contribution in [-0.4, -0.2) is 42.5 Å². The number of amides is 1. The van der Waals surface area contributed by atoms with E-state index in [2.05, 4.69) is 54.8 Å². The molecule has 0 unspecified atom stereocenters. The monoisotopic (exact) mass is 261 g/mol. The van der Waals surface area contributed by atoms with E-state index in [0.29, 0.717) is 18.6 Å². The van der Waals surface area contributed by atoms with Gasteiger partial charge in [0, 0.05) is 30.9 Å². The lowest BCUT2D eigenvalue weighted by molar-refractivity contribution is -0.119. The molecule has 0 aromatic heterocycles. The number of aryl methyl sites for hydroxylation is 1. The van der Waals surface area contributed by atoms with Crippen LogP contribution in [0.15, 0.2) is 24.3 Å². The minimum atomic E-state index is -0.247. The molecule has 104 valence electrons. The first-order valence-electron chi connectivity index (χ1n) is 6.83. The van der Waals surface area contributed by atoms with E-state index >= 15 is 0 Å². The average molecular weight is 261 g/mol. The summed E-state index contributed by atoms with van der Waals surface area (Å²) in [6.45, 7) is 8.65. The predicted molar refractivity (Wildman–Crippen MR) is 78.2 cm³/mol. The Labute approximate surface area is 115 Å². The number of benzene rings is 1. The van der Waals surface area contributed by atoms with E-state index in [0.717, 1.165) is 13.1 Å². The van der Waals surface area contributed by atoms with Gasteiger partial charge in [0.15, 0.2) is 0 Å². The third kappa shape index (κ3) is 3.07. The van der Waals surface area contributed by atoms with E-state index in [1.54, 1.807) is 0 Å². The maximum absolute atomic E-state index is 11.1. The summed E-state index contributed by atoms with van der Waals surface area (Å²) in [5.41, 5.74) is 7.90. The highest BCUT2D eigenvalue weighted by Crippen LogP contribution is 2.26.